The lowest BCUT2D eigenvalue weighted by atomic mass is 9.78. The van der Waals surface area contributed by atoms with Crippen LogP contribution in [0.4, 0.5) is 4.39 Å². The highest BCUT2D eigenvalue weighted by Crippen LogP contribution is 2.36. The van der Waals surface area contributed by atoms with E-state index >= 15 is 0 Å². The zero-order valence-electron chi connectivity index (χ0n) is 16.2. The average molecular weight is 371 g/mol. The molecular weight excluding hydrogens is 348 g/mol. The van der Waals surface area contributed by atoms with E-state index in [4.69, 9.17) is 14.0 Å². The number of hydrogen-bond donors (Lipinski definition) is 0. The van der Waals surface area contributed by atoms with Crippen LogP contribution in [-0.4, -0.2) is 29.1 Å². The van der Waals surface area contributed by atoms with Gasteiger partial charge in [-0.3, -0.25) is 9.78 Å². The number of carbonyl (C=O) groups is 1. The van der Waals surface area contributed by atoms with Crippen LogP contribution in [0.3, 0.4) is 0 Å². The molecule has 0 amide bonds. The number of nitrogens with zero attached hydrogens (tertiary/aromatic N) is 1. The van der Waals surface area contributed by atoms with Gasteiger partial charge in [0.1, 0.15) is 23.0 Å². The number of ether oxygens (including phenoxy) is 1. The molecule has 0 atom stereocenters. The van der Waals surface area contributed by atoms with Gasteiger partial charge in [-0.15, -0.1) is 0 Å². The summed E-state index contributed by atoms with van der Waals surface area (Å²) < 4.78 is 32.1. The topological polar surface area (TPSA) is 57.7 Å². The Morgan fingerprint density at radius 2 is 1.74 bits per heavy atom. The van der Waals surface area contributed by atoms with Crippen LogP contribution in [0, 0.1) is 5.82 Å². The predicted octanol–water partition coefficient (Wildman–Crippen LogP) is 3.90. The lowest BCUT2D eigenvalue weighted by molar-refractivity contribution is 0.00578. The standard InChI is InChI=1S/C20H23BFNO4/c1-6-18(24)17-12-14(9-10-23-17)25-13-7-8-15(16(22)11-13)21-26-19(2,3)20(4,5)27-21/h7-12H,6H2,1-5H3. The number of carbonyl (C=O) groups excluding carboxylic acids is 1. The SMILES string of the molecule is CCC(=O)c1cc(Oc2ccc(B3OC(C)(C)C(C)(C)O3)c(F)c2)ccn1. The third kappa shape index (κ3) is 3.89. The lowest BCUT2D eigenvalue weighted by Gasteiger charge is -2.32. The van der Waals surface area contributed by atoms with Gasteiger partial charge in [0.2, 0.25) is 0 Å². The summed E-state index contributed by atoms with van der Waals surface area (Å²) in [5, 5.41) is 0. The molecule has 1 saturated heterocycles. The summed E-state index contributed by atoms with van der Waals surface area (Å²) in [4.78, 5) is 15.8. The van der Waals surface area contributed by atoms with E-state index in [-0.39, 0.29) is 5.78 Å². The van der Waals surface area contributed by atoms with Gasteiger partial charge in [-0.25, -0.2) is 4.39 Å². The molecule has 1 aliphatic heterocycles. The smallest absolute Gasteiger partial charge is 0.457 e. The summed E-state index contributed by atoms with van der Waals surface area (Å²) in [6, 6.07) is 7.68. The van der Waals surface area contributed by atoms with Crippen LogP contribution >= 0.6 is 0 Å². The zero-order chi connectivity index (χ0) is 19.8. The van der Waals surface area contributed by atoms with E-state index in [1.807, 2.05) is 27.7 Å². The molecule has 0 saturated carbocycles. The molecule has 27 heavy (non-hydrogen) atoms. The second-order valence-corrected chi connectivity index (χ2v) is 7.53. The Morgan fingerprint density at radius 1 is 1.11 bits per heavy atom. The summed E-state index contributed by atoms with van der Waals surface area (Å²) >= 11 is 0. The molecule has 1 aromatic carbocycles. The van der Waals surface area contributed by atoms with Gasteiger partial charge in [0, 0.05) is 30.2 Å². The van der Waals surface area contributed by atoms with Crippen molar-refractivity contribution in [1.29, 1.82) is 0 Å². The molecule has 0 spiro atoms. The Balaban J connectivity index is 1.79. The number of Topliss-reactive ketones (excluding diaryl/α,β-unsaturated/α-hetero) is 1. The quantitative estimate of drug-likeness (QED) is 0.589. The largest absolute Gasteiger partial charge is 0.497 e. The molecular formula is C20H23BFNO4. The maximum Gasteiger partial charge on any atom is 0.497 e. The number of rotatable bonds is 5. The third-order valence-electron chi connectivity index (χ3n) is 5.05. The Hall–Kier alpha value is -2.25. The van der Waals surface area contributed by atoms with Crippen molar-refractivity contribution in [2.24, 2.45) is 0 Å². The molecule has 0 aliphatic carbocycles. The maximum absolute atomic E-state index is 14.7. The van der Waals surface area contributed by atoms with Gasteiger partial charge in [0.05, 0.1) is 11.2 Å². The summed E-state index contributed by atoms with van der Waals surface area (Å²) in [6.45, 7) is 9.44. The zero-order valence-corrected chi connectivity index (χ0v) is 16.2. The van der Waals surface area contributed by atoms with E-state index in [1.54, 1.807) is 31.2 Å². The number of hydrogen-bond acceptors (Lipinski definition) is 5. The van der Waals surface area contributed by atoms with Gasteiger partial charge in [0.15, 0.2) is 5.78 Å². The first-order chi connectivity index (χ1) is 12.6. The first-order valence-electron chi connectivity index (χ1n) is 8.95. The fraction of sp³-hybridized carbons (Fsp3) is 0.400. The van der Waals surface area contributed by atoms with Crippen molar-refractivity contribution in [1.82, 2.24) is 4.98 Å². The molecule has 2 heterocycles. The second kappa shape index (κ2) is 7.05. The highest BCUT2D eigenvalue weighted by atomic mass is 19.1. The van der Waals surface area contributed by atoms with Crippen LogP contribution in [0.1, 0.15) is 51.5 Å². The van der Waals surface area contributed by atoms with Crippen molar-refractivity contribution in [2.75, 3.05) is 0 Å². The van der Waals surface area contributed by atoms with Gasteiger partial charge in [-0.1, -0.05) is 13.0 Å². The van der Waals surface area contributed by atoms with Crippen molar-refractivity contribution in [3.8, 4) is 11.5 Å². The summed E-state index contributed by atoms with van der Waals surface area (Å²) in [7, 11) is -0.779. The van der Waals surface area contributed by atoms with Crippen molar-refractivity contribution in [3.05, 3.63) is 48.0 Å². The summed E-state index contributed by atoms with van der Waals surface area (Å²) in [6.07, 6.45) is 1.85. The van der Waals surface area contributed by atoms with Gasteiger partial charge in [-0.2, -0.15) is 0 Å². The number of aromatic nitrogens is 1. The number of benzene rings is 1. The highest BCUT2D eigenvalue weighted by molar-refractivity contribution is 6.62. The fourth-order valence-corrected chi connectivity index (χ4v) is 2.68. The minimum absolute atomic E-state index is 0.0808. The number of pyridine rings is 1. The Morgan fingerprint density at radius 3 is 2.33 bits per heavy atom. The number of ketones is 1. The van der Waals surface area contributed by atoms with E-state index in [1.165, 1.54) is 12.3 Å². The van der Waals surface area contributed by atoms with Crippen molar-refractivity contribution in [3.63, 3.8) is 0 Å². The molecule has 0 bridgehead atoms. The molecule has 5 nitrogen and oxygen atoms in total. The highest BCUT2D eigenvalue weighted by Gasteiger charge is 2.52. The Kier molecular flexibility index (Phi) is 5.10. The Bertz CT molecular complexity index is 853. The molecule has 2 aromatic rings. The molecule has 0 N–H and O–H groups in total. The van der Waals surface area contributed by atoms with Gasteiger partial charge in [0.25, 0.3) is 0 Å². The van der Waals surface area contributed by atoms with Crippen LogP contribution in [0.2, 0.25) is 0 Å². The Labute approximate surface area is 159 Å². The molecule has 3 rings (SSSR count). The van der Waals surface area contributed by atoms with E-state index in [0.717, 1.165) is 0 Å². The molecule has 1 fully saturated rings. The van der Waals surface area contributed by atoms with Crippen molar-refractivity contribution < 1.29 is 23.2 Å². The molecule has 142 valence electrons. The van der Waals surface area contributed by atoms with Crippen molar-refractivity contribution >= 4 is 18.4 Å². The first kappa shape index (κ1) is 19.5. The molecule has 1 aliphatic rings. The summed E-state index contributed by atoms with van der Waals surface area (Å²) in [5.74, 6) is 0.172. The summed E-state index contributed by atoms with van der Waals surface area (Å²) in [5.41, 5.74) is -0.446. The van der Waals surface area contributed by atoms with E-state index in [9.17, 15) is 9.18 Å². The molecule has 1 aromatic heterocycles. The lowest BCUT2D eigenvalue weighted by Crippen LogP contribution is -2.41. The van der Waals surface area contributed by atoms with E-state index in [2.05, 4.69) is 4.98 Å². The minimum Gasteiger partial charge on any atom is -0.457 e. The first-order valence-corrected chi connectivity index (χ1v) is 8.95. The number of halogens is 1. The third-order valence-corrected chi connectivity index (χ3v) is 5.05. The van der Waals surface area contributed by atoms with Crippen LogP contribution in [0.15, 0.2) is 36.5 Å². The normalized spacial score (nSPS) is 17.8. The fourth-order valence-electron chi connectivity index (χ4n) is 2.68. The van der Waals surface area contributed by atoms with Crippen LogP contribution in [0.5, 0.6) is 11.5 Å². The van der Waals surface area contributed by atoms with E-state index in [0.29, 0.717) is 29.1 Å². The maximum atomic E-state index is 14.7. The molecule has 0 unspecified atom stereocenters. The minimum atomic E-state index is -0.779. The van der Waals surface area contributed by atoms with Gasteiger partial charge < -0.3 is 14.0 Å². The van der Waals surface area contributed by atoms with Crippen molar-refractivity contribution in [2.45, 2.75) is 52.2 Å². The monoisotopic (exact) mass is 371 g/mol. The van der Waals surface area contributed by atoms with Crippen LogP contribution in [-0.2, 0) is 9.31 Å². The average Bonchev–Trinajstić information content (AvgIpc) is 2.82. The predicted molar refractivity (Wildman–Crippen MR) is 101 cm³/mol. The van der Waals surface area contributed by atoms with Gasteiger partial charge >= 0.3 is 7.12 Å². The van der Waals surface area contributed by atoms with E-state index < -0.39 is 24.1 Å². The molecule has 0 radical (unpaired) electrons. The van der Waals surface area contributed by atoms with Crippen LogP contribution in [0.25, 0.3) is 0 Å². The second-order valence-electron chi connectivity index (χ2n) is 7.53. The van der Waals surface area contributed by atoms with Gasteiger partial charge in [-0.05, 0) is 39.8 Å². The van der Waals surface area contributed by atoms with Crippen LogP contribution < -0.4 is 10.2 Å². The molecule has 7 heteroatoms.